The van der Waals surface area contributed by atoms with Gasteiger partial charge in [0.1, 0.15) is 5.75 Å². The molecule has 49 heavy (non-hydrogen) atoms. The number of nitrogens with one attached hydrogen (secondary N) is 2. The molecule has 0 saturated heterocycles. The third-order valence-electron chi connectivity index (χ3n) is 9.88. The molecule has 0 radical (unpaired) electrons. The zero-order valence-electron chi connectivity index (χ0n) is 32.8. The summed E-state index contributed by atoms with van der Waals surface area (Å²) in [6.45, 7) is 8.69. The molecule has 1 aromatic rings. The lowest BCUT2D eigenvalue weighted by molar-refractivity contribution is 0.0937. The minimum Gasteiger partial charge on any atom is -0.493 e. The number of hydrogen-bond acceptors (Lipinski definition) is 3. The standard InChI is InChI=1S/C44H80N2O3/c1-4-7-10-13-16-17-18-19-20-21-22-23-24-27-30-33-38-49-42-39-40(43(47)45-36-31-28-25-14-11-8-5-2)34-35-41(42)44(48)46-37-32-29-26-15-12-9-6-3/h34-35,39H,4-33,36-38H2,1-3H3,(H,45,47)(H,46,48). The normalized spacial score (nSPS) is 11.2. The van der Waals surface area contributed by atoms with E-state index in [1.54, 1.807) is 18.2 Å². The van der Waals surface area contributed by atoms with Gasteiger partial charge in [0.25, 0.3) is 11.8 Å². The van der Waals surface area contributed by atoms with E-state index in [9.17, 15) is 9.59 Å². The maximum atomic E-state index is 13.1. The first-order valence-corrected chi connectivity index (χ1v) is 21.5. The summed E-state index contributed by atoms with van der Waals surface area (Å²) in [5.74, 6) is 0.331. The summed E-state index contributed by atoms with van der Waals surface area (Å²) in [6.07, 6.45) is 38.4. The van der Waals surface area contributed by atoms with E-state index in [0.29, 0.717) is 36.6 Å². The van der Waals surface area contributed by atoms with Crippen molar-refractivity contribution >= 4 is 11.8 Å². The van der Waals surface area contributed by atoms with Crippen molar-refractivity contribution in [3.63, 3.8) is 0 Å². The Morgan fingerprint density at radius 2 is 0.796 bits per heavy atom. The number of ether oxygens (including phenoxy) is 1. The maximum Gasteiger partial charge on any atom is 0.255 e. The Balaban J connectivity index is 2.41. The van der Waals surface area contributed by atoms with Crippen LogP contribution in [0.15, 0.2) is 18.2 Å². The van der Waals surface area contributed by atoms with Crippen molar-refractivity contribution in [1.29, 1.82) is 0 Å². The Morgan fingerprint density at radius 3 is 1.20 bits per heavy atom. The fraction of sp³-hybridized carbons (Fsp3) is 0.818. The highest BCUT2D eigenvalue weighted by Gasteiger charge is 2.16. The minimum absolute atomic E-state index is 0.0896. The number of carbonyl (C=O) groups excluding carboxylic acids is 2. The molecule has 284 valence electrons. The van der Waals surface area contributed by atoms with Gasteiger partial charge in [0.2, 0.25) is 0 Å². The van der Waals surface area contributed by atoms with Crippen molar-refractivity contribution in [2.45, 2.75) is 213 Å². The topological polar surface area (TPSA) is 67.4 Å². The van der Waals surface area contributed by atoms with Crippen LogP contribution in [0.4, 0.5) is 0 Å². The summed E-state index contributed by atoms with van der Waals surface area (Å²) in [4.78, 5) is 26.1. The van der Waals surface area contributed by atoms with Crippen molar-refractivity contribution in [1.82, 2.24) is 10.6 Å². The van der Waals surface area contributed by atoms with E-state index in [1.165, 1.54) is 154 Å². The fourth-order valence-corrected chi connectivity index (χ4v) is 6.57. The Hall–Kier alpha value is -2.04. The number of carbonyl (C=O) groups is 2. The fourth-order valence-electron chi connectivity index (χ4n) is 6.57. The number of unbranched alkanes of at least 4 members (excludes halogenated alkanes) is 27. The summed E-state index contributed by atoms with van der Waals surface area (Å²) >= 11 is 0. The molecule has 5 heteroatoms. The first-order chi connectivity index (χ1) is 24.1. The smallest absolute Gasteiger partial charge is 0.255 e. The summed E-state index contributed by atoms with van der Waals surface area (Å²) in [7, 11) is 0. The van der Waals surface area contributed by atoms with Crippen molar-refractivity contribution < 1.29 is 14.3 Å². The SMILES string of the molecule is CCCCCCCCCCCCCCCCCCOc1cc(C(=O)NCCCCCCCCC)ccc1C(=O)NCCCCCCCCC. The van der Waals surface area contributed by atoms with Crippen LogP contribution in [0.2, 0.25) is 0 Å². The number of benzene rings is 1. The molecule has 0 aliphatic carbocycles. The maximum absolute atomic E-state index is 13.1. The molecule has 1 rings (SSSR count). The lowest BCUT2D eigenvalue weighted by atomic mass is 10.0. The summed E-state index contributed by atoms with van der Waals surface area (Å²) < 4.78 is 6.20. The molecular formula is C44H80N2O3. The zero-order valence-corrected chi connectivity index (χ0v) is 32.8. The molecular weight excluding hydrogens is 604 g/mol. The van der Waals surface area contributed by atoms with Gasteiger partial charge in [-0.15, -0.1) is 0 Å². The number of hydrogen-bond donors (Lipinski definition) is 2. The molecule has 0 bridgehead atoms. The van der Waals surface area contributed by atoms with E-state index in [0.717, 1.165) is 38.5 Å². The summed E-state index contributed by atoms with van der Waals surface area (Å²) in [5.41, 5.74) is 1.09. The number of rotatable bonds is 36. The Kier molecular flexibility index (Phi) is 31.6. The van der Waals surface area contributed by atoms with Gasteiger partial charge in [-0.3, -0.25) is 9.59 Å². The average molecular weight is 685 g/mol. The van der Waals surface area contributed by atoms with E-state index >= 15 is 0 Å². The van der Waals surface area contributed by atoms with E-state index in [4.69, 9.17) is 4.74 Å². The highest BCUT2D eigenvalue weighted by molar-refractivity contribution is 6.00. The predicted molar refractivity (Wildman–Crippen MR) is 212 cm³/mol. The van der Waals surface area contributed by atoms with Gasteiger partial charge in [-0.05, 0) is 37.5 Å². The second-order valence-corrected chi connectivity index (χ2v) is 14.6. The third-order valence-corrected chi connectivity index (χ3v) is 9.88. The van der Waals surface area contributed by atoms with Crippen LogP contribution in [-0.2, 0) is 0 Å². The van der Waals surface area contributed by atoms with Gasteiger partial charge in [0, 0.05) is 18.7 Å². The predicted octanol–water partition coefficient (Wildman–Crippen LogP) is 13.3. The van der Waals surface area contributed by atoms with Gasteiger partial charge < -0.3 is 15.4 Å². The molecule has 2 N–H and O–H groups in total. The van der Waals surface area contributed by atoms with Crippen LogP contribution < -0.4 is 15.4 Å². The van der Waals surface area contributed by atoms with Gasteiger partial charge in [-0.25, -0.2) is 0 Å². The second kappa shape index (κ2) is 34.4. The monoisotopic (exact) mass is 685 g/mol. The van der Waals surface area contributed by atoms with Crippen LogP contribution in [0.3, 0.4) is 0 Å². The quantitative estimate of drug-likeness (QED) is 0.0691. The molecule has 0 spiro atoms. The van der Waals surface area contributed by atoms with E-state index < -0.39 is 0 Å². The third kappa shape index (κ3) is 26.4. The van der Waals surface area contributed by atoms with Crippen LogP contribution >= 0.6 is 0 Å². The van der Waals surface area contributed by atoms with Crippen LogP contribution in [0.25, 0.3) is 0 Å². The summed E-state index contributed by atoms with van der Waals surface area (Å²) in [5, 5.41) is 6.17. The van der Waals surface area contributed by atoms with Crippen molar-refractivity contribution in [2.75, 3.05) is 19.7 Å². The van der Waals surface area contributed by atoms with Crippen LogP contribution in [0.1, 0.15) is 234 Å². The molecule has 0 unspecified atom stereocenters. The van der Waals surface area contributed by atoms with Gasteiger partial charge in [-0.2, -0.15) is 0 Å². The zero-order chi connectivity index (χ0) is 35.5. The first kappa shape index (κ1) is 45.0. The van der Waals surface area contributed by atoms with E-state index in [-0.39, 0.29) is 11.8 Å². The van der Waals surface area contributed by atoms with Crippen LogP contribution in [0, 0.1) is 0 Å². The van der Waals surface area contributed by atoms with Gasteiger partial charge >= 0.3 is 0 Å². The van der Waals surface area contributed by atoms with Crippen LogP contribution in [-0.4, -0.2) is 31.5 Å². The average Bonchev–Trinajstić information content (AvgIpc) is 3.11. The highest BCUT2D eigenvalue weighted by Crippen LogP contribution is 2.22. The highest BCUT2D eigenvalue weighted by atomic mass is 16.5. The molecule has 0 aliphatic rings. The lowest BCUT2D eigenvalue weighted by Crippen LogP contribution is -2.26. The molecule has 0 aromatic heterocycles. The Labute approximate surface area is 304 Å². The molecule has 0 atom stereocenters. The molecule has 1 aromatic carbocycles. The van der Waals surface area contributed by atoms with E-state index in [2.05, 4.69) is 31.4 Å². The van der Waals surface area contributed by atoms with Crippen molar-refractivity contribution in [2.24, 2.45) is 0 Å². The minimum atomic E-state index is -0.108. The Bertz CT molecular complexity index is 902. The molecule has 0 heterocycles. The summed E-state index contributed by atoms with van der Waals surface area (Å²) in [6, 6.07) is 5.31. The van der Waals surface area contributed by atoms with Gasteiger partial charge in [0.05, 0.1) is 12.2 Å². The van der Waals surface area contributed by atoms with Gasteiger partial charge in [0.15, 0.2) is 0 Å². The van der Waals surface area contributed by atoms with Crippen LogP contribution in [0.5, 0.6) is 5.75 Å². The number of amides is 2. The largest absolute Gasteiger partial charge is 0.493 e. The first-order valence-electron chi connectivity index (χ1n) is 21.5. The molecule has 0 saturated carbocycles. The van der Waals surface area contributed by atoms with Crippen molar-refractivity contribution in [3.05, 3.63) is 29.3 Å². The second-order valence-electron chi connectivity index (χ2n) is 14.6. The lowest BCUT2D eigenvalue weighted by Gasteiger charge is -2.14. The van der Waals surface area contributed by atoms with Crippen molar-refractivity contribution in [3.8, 4) is 5.75 Å². The molecule has 0 fully saturated rings. The molecule has 2 amide bonds. The molecule has 5 nitrogen and oxygen atoms in total. The van der Waals surface area contributed by atoms with Gasteiger partial charge in [-0.1, -0.05) is 194 Å². The van der Waals surface area contributed by atoms with E-state index in [1.807, 2.05) is 0 Å². The molecule has 0 aliphatic heterocycles. The Morgan fingerprint density at radius 1 is 0.449 bits per heavy atom.